The number of hydrogen-bond donors (Lipinski definition) is 3. The highest BCUT2D eigenvalue weighted by atomic mass is 16.5. The molecule has 0 saturated heterocycles. The highest BCUT2D eigenvalue weighted by Crippen LogP contribution is 2.59. The molecule has 3 N–H and O–H groups in total. The number of aliphatic hydroxyl groups is 3. The van der Waals surface area contributed by atoms with Gasteiger partial charge in [0.1, 0.15) is 0 Å². The SMILES string of the molecule is C=C1C(=CC=C2CCC[C@@]3(C)C2CCC3C(C)COCc2cccc(C(C)(C)O)c2)CC(O)CC1O. The summed E-state index contributed by atoms with van der Waals surface area (Å²) < 4.78 is 6.21. The van der Waals surface area contributed by atoms with Crippen molar-refractivity contribution in [1.29, 1.82) is 0 Å². The summed E-state index contributed by atoms with van der Waals surface area (Å²) in [5.74, 6) is 1.71. The Morgan fingerprint density at radius 3 is 2.75 bits per heavy atom. The van der Waals surface area contributed by atoms with Gasteiger partial charge in [0, 0.05) is 13.0 Å². The van der Waals surface area contributed by atoms with E-state index in [9.17, 15) is 15.3 Å². The normalized spacial score (nSPS) is 34.2. The third kappa shape index (κ3) is 5.88. The van der Waals surface area contributed by atoms with Gasteiger partial charge < -0.3 is 20.1 Å². The number of hydrogen-bond acceptors (Lipinski definition) is 4. The molecule has 0 spiro atoms. The minimum absolute atomic E-state index is 0.287. The van der Waals surface area contributed by atoms with Gasteiger partial charge in [-0.1, -0.05) is 62.4 Å². The molecular formula is C32H46O4. The molecule has 5 unspecified atom stereocenters. The van der Waals surface area contributed by atoms with Crippen molar-refractivity contribution in [2.75, 3.05) is 6.61 Å². The molecule has 1 aromatic rings. The van der Waals surface area contributed by atoms with Crippen LogP contribution in [0, 0.1) is 23.2 Å². The summed E-state index contributed by atoms with van der Waals surface area (Å²) in [7, 11) is 0. The van der Waals surface area contributed by atoms with Crippen molar-refractivity contribution in [3.05, 3.63) is 70.8 Å². The Morgan fingerprint density at radius 2 is 2.00 bits per heavy atom. The lowest BCUT2D eigenvalue weighted by atomic mass is 9.61. The maximum atomic E-state index is 10.3. The first-order valence-electron chi connectivity index (χ1n) is 13.8. The molecule has 0 heterocycles. The van der Waals surface area contributed by atoms with Crippen LogP contribution in [0.1, 0.15) is 83.8 Å². The van der Waals surface area contributed by atoms with Crippen molar-refractivity contribution in [3.63, 3.8) is 0 Å². The first-order valence-corrected chi connectivity index (χ1v) is 13.8. The number of aliphatic hydroxyl groups excluding tert-OH is 2. The molecular weight excluding hydrogens is 448 g/mol. The van der Waals surface area contributed by atoms with Gasteiger partial charge in [0.05, 0.1) is 24.4 Å². The second kappa shape index (κ2) is 10.9. The van der Waals surface area contributed by atoms with Crippen molar-refractivity contribution in [2.24, 2.45) is 23.2 Å². The first-order chi connectivity index (χ1) is 17.0. The molecule has 198 valence electrons. The average molecular weight is 495 g/mol. The van der Waals surface area contributed by atoms with E-state index in [1.165, 1.54) is 31.3 Å². The lowest BCUT2D eigenvalue weighted by molar-refractivity contribution is 0.0275. The number of benzene rings is 1. The van der Waals surface area contributed by atoms with Crippen molar-refractivity contribution < 1.29 is 20.1 Å². The van der Waals surface area contributed by atoms with Crippen LogP contribution in [0.25, 0.3) is 0 Å². The molecule has 3 saturated carbocycles. The van der Waals surface area contributed by atoms with Gasteiger partial charge in [-0.3, -0.25) is 0 Å². The molecule has 4 nitrogen and oxygen atoms in total. The number of ether oxygens (including phenoxy) is 1. The van der Waals surface area contributed by atoms with E-state index in [0.29, 0.717) is 37.2 Å². The zero-order valence-corrected chi connectivity index (χ0v) is 22.7. The quantitative estimate of drug-likeness (QED) is 0.422. The number of rotatable bonds is 7. The third-order valence-corrected chi connectivity index (χ3v) is 9.27. The van der Waals surface area contributed by atoms with Gasteiger partial charge >= 0.3 is 0 Å². The van der Waals surface area contributed by atoms with Crippen LogP contribution in [0.15, 0.2) is 59.7 Å². The van der Waals surface area contributed by atoms with Gasteiger partial charge in [-0.2, -0.15) is 0 Å². The monoisotopic (exact) mass is 494 g/mol. The van der Waals surface area contributed by atoms with Gasteiger partial charge in [0.2, 0.25) is 0 Å². The maximum Gasteiger partial charge on any atom is 0.0840 e. The summed E-state index contributed by atoms with van der Waals surface area (Å²) in [6.45, 7) is 13.9. The van der Waals surface area contributed by atoms with Crippen molar-refractivity contribution in [3.8, 4) is 0 Å². The molecule has 4 rings (SSSR count). The predicted octanol–water partition coefficient (Wildman–Crippen LogP) is 6.21. The fourth-order valence-corrected chi connectivity index (χ4v) is 7.20. The standard InChI is InChI=1S/C32H46O4/c1-21(19-36-20-23-8-6-10-26(16-23)31(3,4)35)28-13-14-29-24(9-7-15-32(28,29)5)11-12-25-17-27(33)18-30(34)22(25)2/h6,8,10-12,16,21,27-30,33-35H,2,7,9,13-15,17-20H2,1,3-5H3/t21?,27?,28?,29?,30?,32-/m1/s1. The Labute approximate surface area is 217 Å². The zero-order chi connectivity index (χ0) is 26.1. The second-order valence-corrected chi connectivity index (χ2v) is 12.4. The minimum atomic E-state index is -0.845. The molecule has 0 aliphatic heterocycles. The van der Waals surface area contributed by atoms with Gasteiger partial charge in [-0.25, -0.2) is 0 Å². The molecule has 3 fully saturated rings. The molecule has 0 radical (unpaired) electrons. The fraction of sp³-hybridized carbons (Fsp3) is 0.625. The maximum absolute atomic E-state index is 10.3. The summed E-state index contributed by atoms with van der Waals surface area (Å²) in [4.78, 5) is 0. The van der Waals surface area contributed by atoms with Crippen LogP contribution in [0.2, 0.25) is 0 Å². The Kier molecular flexibility index (Phi) is 8.31. The van der Waals surface area contributed by atoms with Crippen LogP contribution in [0.3, 0.4) is 0 Å². The smallest absolute Gasteiger partial charge is 0.0840 e. The van der Waals surface area contributed by atoms with E-state index in [-0.39, 0.29) is 5.41 Å². The summed E-state index contributed by atoms with van der Waals surface area (Å²) >= 11 is 0. The third-order valence-electron chi connectivity index (χ3n) is 9.27. The minimum Gasteiger partial charge on any atom is -0.393 e. The highest BCUT2D eigenvalue weighted by molar-refractivity contribution is 5.38. The van der Waals surface area contributed by atoms with Crippen LogP contribution in [0.5, 0.6) is 0 Å². The molecule has 3 aliphatic carbocycles. The van der Waals surface area contributed by atoms with E-state index in [0.717, 1.165) is 35.3 Å². The van der Waals surface area contributed by atoms with E-state index in [2.05, 4.69) is 38.6 Å². The van der Waals surface area contributed by atoms with Crippen LogP contribution in [0.4, 0.5) is 0 Å². The van der Waals surface area contributed by atoms with Gasteiger partial charge in [-0.05, 0) is 97.8 Å². The van der Waals surface area contributed by atoms with Crippen molar-refractivity contribution in [1.82, 2.24) is 0 Å². The Hall–Kier alpha value is -1.72. The Bertz CT molecular complexity index is 1000. The average Bonchev–Trinajstić information content (AvgIpc) is 3.17. The topological polar surface area (TPSA) is 69.9 Å². The number of allylic oxidation sites excluding steroid dienone is 3. The number of fused-ring (bicyclic) bond motifs is 1. The summed E-state index contributed by atoms with van der Waals surface area (Å²) in [6, 6.07) is 8.07. The molecule has 1 aromatic carbocycles. The molecule has 0 amide bonds. The van der Waals surface area contributed by atoms with Gasteiger partial charge in [0.15, 0.2) is 0 Å². The van der Waals surface area contributed by atoms with E-state index in [1.54, 1.807) is 0 Å². The van der Waals surface area contributed by atoms with E-state index in [4.69, 9.17) is 4.74 Å². The molecule has 0 aromatic heterocycles. The van der Waals surface area contributed by atoms with Crippen molar-refractivity contribution >= 4 is 0 Å². The largest absolute Gasteiger partial charge is 0.393 e. The van der Waals surface area contributed by atoms with E-state index >= 15 is 0 Å². The second-order valence-electron chi connectivity index (χ2n) is 12.4. The zero-order valence-electron chi connectivity index (χ0n) is 22.7. The Morgan fingerprint density at radius 1 is 1.22 bits per heavy atom. The molecule has 3 aliphatic rings. The van der Waals surface area contributed by atoms with Crippen molar-refractivity contribution in [2.45, 2.75) is 97.1 Å². The predicted molar refractivity (Wildman–Crippen MR) is 145 cm³/mol. The van der Waals surface area contributed by atoms with Gasteiger partial charge in [0.25, 0.3) is 0 Å². The molecule has 6 atom stereocenters. The van der Waals surface area contributed by atoms with Crippen LogP contribution in [-0.4, -0.2) is 34.1 Å². The van der Waals surface area contributed by atoms with Crippen LogP contribution >= 0.6 is 0 Å². The molecule has 4 heteroatoms. The fourth-order valence-electron chi connectivity index (χ4n) is 7.20. The summed E-state index contributed by atoms with van der Waals surface area (Å²) in [5, 5.41) is 30.6. The van der Waals surface area contributed by atoms with Gasteiger partial charge in [-0.15, -0.1) is 0 Å². The summed E-state index contributed by atoms with van der Waals surface area (Å²) in [6.07, 6.45) is 10.3. The van der Waals surface area contributed by atoms with E-state index in [1.807, 2.05) is 32.0 Å². The summed E-state index contributed by atoms with van der Waals surface area (Å²) in [5.41, 5.74) is 4.74. The lowest BCUT2D eigenvalue weighted by Gasteiger charge is -2.44. The molecule has 0 bridgehead atoms. The Balaban J connectivity index is 1.39. The van der Waals surface area contributed by atoms with E-state index < -0.39 is 17.8 Å². The highest BCUT2D eigenvalue weighted by Gasteiger charge is 2.50. The molecule has 36 heavy (non-hydrogen) atoms. The first kappa shape index (κ1) is 27.3. The van der Waals surface area contributed by atoms with Crippen LogP contribution < -0.4 is 0 Å². The van der Waals surface area contributed by atoms with Crippen LogP contribution in [-0.2, 0) is 16.9 Å². The lowest BCUT2D eigenvalue weighted by Crippen LogP contribution is -2.37.